The third-order valence-electron chi connectivity index (χ3n) is 7.01. The predicted molar refractivity (Wildman–Crippen MR) is 160 cm³/mol. The number of fused-ring (bicyclic) bond motifs is 1. The highest BCUT2D eigenvalue weighted by Gasteiger charge is 2.31. The Kier molecular flexibility index (Phi) is 8.67. The maximum atomic E-state index is 13.8. The fourth-order valence-electron chi connectivity index (χ4n) is 4.68. The number of carbonyl (C=O) groups is 2. The van der Waals surface area contributed by atoms with Crippen molar-refractivity contribution in [2.45, 2.75) is 31.7 Å². The third kappa shape index (κ3) is 6.27. The van der Waals surface area contributed by atoms with E-state index in [9.17, 15) is 18.0 Å². The first-order valence-corrected chi connectivity index (χ1v) is 15.8. The van der Waals surface area contributed by atoms with Crippen molar-refractivity contribution in [3.8, 4) is 0 Å². The minimum Gasteiger partial charge on any atom is -0.450 e. The molecular formula is C30H32N4O5S2. The van der Waals surface area contributed by atoms with Gasteiger partial charge in [0.2, 0.25) is 10.0 Å². The summed E-state index contributed by atoms with van der Waals surface area (Å²) < 4.78 is 34.0. The quantitative estimate of drug-likeness (QED) is 0.280. The molecule has 1 aliphatic heterocycles. The van der Waals surface area contributed by atoms with E-state index in [1.807, 2.05) is 42.5 Å². The average molecular weight is 593 g/mol. The van der Waals surface area contributed by atoms with Crippen molar-refractivity contribution >= 4 is 48.7 Å². The SMILES string of the molecule is CCOC(=O)N1CCN(S(=O)(=O)c2ccc(C(=O)N(Cc3ccccc3)c3nc4ccc(CC)cc4s3)cc2)CC1. The second kappa shape index (κ2) is 12.4. The van der Waals surface area contributed by atoms with Crippen molar-refractivity contribution < 1.29 is 22.7 Å². The Morgan fingerprint density at radius 3 is 2.29 bits per heavy atom. The highest BCUT2D eigenvalue weighted by Crippen LogP contribution is 2.32. The van der Waals surface area contributed by atoms with E-state index in [-0.39, 0.29) is 43.6 Å². The van der Waals surface area contributed by atoms with Gasteiger partial charge in [0.15, 0.2) is 5.13 Å². The van der Waals surface area contributed by atoms with Crippen LogP contribution < -0.4 is 4.90 Å². The molecular weight excluding hydrogens is 560 g/mol. The van der Waals surface area contributed by atoms with E-state index in [0.717, 1.165) is 22.2 Å². The number of anilines is 1. The van der Waals surface area contributed by atoms with Crippen LogP contribution in [0.15, 0.2) is 77.7 Å². The van der Waals surface area contributed by atoms with Crippen LogP contribution in [0.2, 0.25) is 0 Å². The fourth-order valence-corrected chi connectivity index (χ4v) is 7.13. The fraction of sp³-hybridized carbons (Fsp3) is 0.300. The molecule has 1 aliphatic rings. The van der Waals surface area contributed by atoms with Crippen molar-refractivity contribution in [1.82, 2.24) is 14.2 Å². The molecule has 0 unspecified atom stereocenters. The number of thiazole rings is 1. The molecule has 0 bridgehead atoms. The summed E-state index contributed by atoms with van der Waals surface area (Å²) in [6, 6.07) is 21.8. The van der Waals surface area contributed by atoms with Gasteiger partial charge in [0, 0.05) is 31.7 Å². The smallest absolute Gasteiger partial charge is 0.409 e. The third-order valence-corrected chi connectivity index (χ3v) is 9.97. The Labute approximate surface area is 244 Å². The molecule has 3 aromatic carbocycles. The minimum atomic E-state index is -3.79. The van der Waals surface area contributed by atoms with Gasteiger partial charge >= 0.3 is 6.09 Å². The van der Waals surface area contributed by atoms with E-state index < -0.39 is 16.1 Å². The van der Waals surface area contributed by atoms with E-state index >= 15 is 0 Å². The lowest BCUT2D eigenvalue weighted by Gasteiger charge is -2.33. The molecule has 1 saturated heterocycles. The molecule has 5 rings (SSSR count). The van der Waals surface area contributed by atoms with Gasteiger partial charge in [-0.3, -0.25) is 9.69 Å². The summed E-state index contributed by atoms with van der Waals surface area (Å²) in [5.41, 5.74) is 3.35. The summed E-state index contributed by atoms with van der Waals surface area (Å²) in [5, 5.41) is 0.582. The molecule has 0 spiro atoms. The maximum absolute atomic E-state index is 13.8. The number of amides is 2. The summed E-state index contributed by atoms with van der Waals surface area (Å²) in [7, 11) is -3.79. The van der Waals surface area contributed by atoms with Gasteiger partial charge in [0.1, 0.15) is 0 Å². The van der Waals surface area contributed by atoms with Gasteiger partial charge in [-0.2, -0.15) is 4.31 Å². The monoisotopic (exact) mass is 592 g/mol. The molecule has 4 aromatic rings. The number of piperazine rings is 1. The highest BCUT2D eigenvalue weighted by molar-refractivity contribution is 7.89. The predicted octanol–water partition coefficient (Wildman–Crippen LogP) is 5.17. The first-order valence-electron chi connectivity index (χ1n) is 13.6. The van der Waals surface area contributed by atoms with Gasteiger partial charge in [-0.15, -0.1) is 0 Å². The first-order chi connectivity index (χ1) is 19.8. The second-order valence-electron chi connectivity index (χ2n) is 9.64. The van der Waals surface area contributed by atoms with Gasteiger partial charge in [-0.25, -0.2) is 18.2 Å². The van der Waals surface area contributed by atoms with Crippen LogP contribution in [0.25, 0.3) is 10.2 Å². The van der Waals surface area contributed by atoms with Crippen LogP contribution in [0.5, 0.6) is 0 Å². The van der Waals surface area contributed by atoms with Gasteiger partial charge in [-0.05, 0) is 60.9 Å². The molecule has 2 heterocycles. The number of ether oxygens (including phenoxy) is 1. The molecule has 0 atom stereocenters. The van der Waals surface area contributed by atoms with Gasteiger partial charge in [0.25, 0.3) is 5.91 Å². The lowest BCUT2D eigenvalue weighted by Crippen LogP contribution is -2.50. The Hall–Kier alpha value is -3.80. The summed E-state index contributed by atoms with van der Waals surface area (Å²) in [6.45, 7) is 5.27. The van der Waals surface area contributed by atoms with E-state index in [2.05, 4.69) is 13.0 Å². The maximum Gasteiger partial charge on any atom is 0.409 e. The molecule has 0 radical (unpaired) electrons. The first kappa shape index (κ1) is 28.7. The van der Waals surface area contributed by atoms with Crippen molar-refractivity contribution in [3.05, 3.63) is 89.5 Å². The van der Waals surface area contributed by atoms with Crippen molar-refractivity contribution in [2.75, 3.05) is 37.7 Å². The van der Waals surface area contributed by atoms with Crippen LogP contribution in [-0.4, -0.2) is 67.4 Å². The number of rotatable bonds is 8. The zero-order chi connectivity index (χ0) is 29.0. The lowest BCUT2D eigenvalue weighted by molar-refractivity contribution is 0.0933. The second-order valence-corrected chi connectivity index (χ2v) is 12.6. The number of benzene rings is 3. The number of nitrogens with zero attached hydrogens (tertiary/aromatic N) is 4. The number of sulfonamides is 1. The van der Waals surface area contributed by atoms with E-state index in [1.54, 1.807) is 24.0 Å². The Balaban J connectivity index is 1.37. The Morgan fingerprint density at radius 2 is 1.63 bits per heavy atom. The summed E-state index contributed by atoms with van der Waals surface area (Å²) in [5.74, 6) is -0.268. The van der Waals surface area contributed by atoms with Gasteiger partial charge in [0.05, 0.1) is 28.3 Å². The number of carbonyl (C=O) groups excluding carboxylic acids is 2. The Bertz CT molecular complexity index is 1630. The highest BCUT2D eigenvalue weighted by atomic mass is 32.2. The normalized spacial score (nSPS) is 14.2. The topological polar surface area (TPSA) is 100 Å². The molecule has 0 aliphatic carbocycles. The minimum absolute atomic E-state index is 0.0975. The largest absolute Gasteiger partial charge is 0.450 e. The molecule has 214 valence electrons. The molecule has 9 nitrogen and oxygen atoms in total. The summed E-state index contributed by atoms with van der Waals surface area (Å²) in [6.07, 6.45) is 0.470. The Morgan fingerprint density at radius 1 is 0.927 bits per heavy atom. The van der Waals surface area contributed by atoms with Crippen molar-refractivity contribution in [3.63, 3.8) is 0 Å². The molecule has 0 saturated carbocycles. The van der Waals surface area contributed by atoms with Crippen LogP contribution in [0.3, 0.4) is 0 Å². The van der Waals surface area contributed by atoms with E-state index in [0.29, 0.717) is 17.2 Å². The van der Waals surface area contributed by atoms with Crippen LogP contribution in [-0.2, 0) is 27.7 Å². The average Bonchev–Trinajstić information content (AvgIpc) is 3.43. The van der Waals surface area contributed by atoms with Crippen LogP contribution in [0.1, 0.15) is 35.3 Å². The van der Waals surface area contributed by atoms with E-state index in [4.69, 9.17) is 9.72 Å². The van der Waals surface area contributed by atoms with Crippen molar-refractivity contribution in [1.29, 1.82) is 0 Å². The standard InChI is InChI=1S/C30H32N4O5S2/c1-3-22-10-15-26-27(20-22)40-29(31-26)34(21-23-8-6-5-7-9-23)28(35)24-11-13-25(14-12-24)41(37,38)33-18-16-32(17-19-33)30(36)39-4-2/h5-15,20H,3-4,16-19,21H2,1-2H3. The van der Waals surface area contributed by atoms with Gasteiger partial charge < -0.3 is 9.64 Å². The molecule has 1 fully saturated rings. The lowest BCUT2D eigenvalue weighted by atomic mass is 10.1. The van der Waals surface area contributed by atoms with Crippen molar-refractivity contribution in [2.24, 2.45) is 0 Å². The molecule has 1 aromatic heterocycles. The van der Waals surface area contributed by atoms with E-state index in [1.165, 1.54) is 38.2 Å². The molecule has 0 N–H and O–H groups in total. The summed E-state index contributed by atoms with van der Waals surface area (Å²) >= 11 is 1.46. The van der Waals surface area contributed by atoms with Crippen LogP contribution in [0, 0.1) is 0 Å². The number of aromatic nitrogens is 1. The summed E-state index contributed by atoms with van der Waals surface area (Å²) in [4.78, 5) is 33.8. The number of hydrogen-bond donors (Lipinski definition) is 0. The molecule has 41 heavy (non-hydrogen) atoms. The number of hydrogen-bond acceptors (Lipinski definition) is 7. The number of aryl methyl sites for hydroxylation is 1. The molecule has 2 amide bonds. The molecule has 11 heteroatoms. The van der Waals surface area contributed by atoms with Crippen LogP contribution >= 0.6 is 11.3 Å². The zero-order valence-electron chi connectivity index (χ0n) is 23.0. The van der Waals surface area contributed by atoms with Crippen LogP contribution in [0.4, 0.5) is 9.93 Å². The van der Waals surface area contributed by atoms with Gasteiger partial charge in [-0.1, -0.05) is 54.7 Å². The zero-order valence-corrected chi connectivity index (χ0v) is 24.7.